The van der Waals surface area contributed by atoms with Crippen molar-refractivity contribution in [1.82, 2.24) is 19.8 Å². The van der Waals surface area contributed by atoms with Gasteiger partial charge in [-0.15, -0.1) is 0 Å². The topological polar surface area (TPSA) is 76.0 Å². The minimum absolute atomic E-state index is 0.0956. The lowest BCUT2D eigenvalue weighted by Gasteiger charge is -2.23. The molecule has 0 aliphatic carbocycles. The van der Waals surface area contributed by atoms with Crippen LogP contribution in [0.2, 0.25) is 0 Å². The van der Waals surface area contributed by atoms with Crippen LogP contribution in [0.4, 0.5) is 0 Å². The van der Waals surface area contributed by atoms with Crippen molar-refractivity contribution < 1.29 is 8.42 Å². The molecular weight excluding hydrogens is 264 g/mol. The molecule has 1 aliphatic heterocycles. The SMILES string of the molecule is Cc1cnn(CCNS(=O)(=O)CC2CCCCN2)c1. The lowest BCUT2D eigenvalue weighted by Crippen LogP contribution is -2.43. The van der Waals surface area contributed by atoms with E-state index in [9.17, 15) is 8.42 Å². The fraction of sp³-hybridized carbons (Fsp3) is 0.750. The minimum atomic E-state index is -3.20. The standard InChI is InChI=1S/C12H22N4O2S/c1-11-8-14-16(9-11)7-6-15-19(17,18)10-12-4-2-3-5-13-12/h8-9,12-13,15H,2-7,10H2,1H3. The van der Waals surface area contributed by atoms with Crippen molar-refractivity contribution in [2.24, 2.45) is 0 Å². The molecule has 1 aromatic heterocycles. The van der Waals surface area contributed by atoms with Gasteiger partial charge in [0.15, 0.2) is 0 Å². The maximum Gasteiger partial charge on any atom is 0.213 e. The average molecular weight is 286 g/mol. The van der Waals surface area contributed by atoms with E-state index in [-0.39, 0.29) is 11.8 Å². The number of sulfonamides is 1. The molecule has 1 aliphatic rings. The van der Waals surface area contributed by atoms with Gasteiger partial charge in [-0.05, 0) is 31.9 Å². The smallest absolute Gasteiger partial charge is 0.213 e. The quantitative estimate of drug-likeness (QED) is 0.786. The monoisotopic (exact) mass is 286 g/mol. The van der Waals surface area contributed by atoms with Crippen molar-refractivity contribution in [2.45, 2.75) is 38.8 Å². The van der Waals surface area contributed by atoms with Crippen molar-refractivity contribution in [3.05, 3.63) is 18.0 Å². The number of hydrogen-bond donors (Lipinski definition) is 2. The molecule has 1 atom stereocenters. The molecule has 0 amide bonds. The van der Waals surface area contributed by atoms with Crippen LogP contribution < -0.4 is 10.0 Å². The second-order valence-corrected chi connectivity index (χ2v) is 6.95. The van der Waals surface area contributed by atoms with Gasteiger partial charge in [0.25, 0.3) is 0 Å². The summed E-state index contributed by atoms with van der Waals surface area (Å²) in [6.07, 6.45) is 6.86. The number of aromatic nitrogens is 2. The molecule has 1 saturated heterocycles. The molecule has 6 nitrogen and oxygen atoms in total. The third-order valence-electron chi connectivity index (χ3n) is 3.26. The summed E-state index contributed by atoms with van der Waals surface area (Å²) in [5.41, 5.74) is 1.08. The lowest BCUT2D eigenvalue weighted by atomic mass is 10.1. The number of rotatable bonds is 6. The summed E-state index contributed by atoms with van der Waals surface area (Å²) in [5, 5.41) is 7.37. The van der Waals surface area contributed by atoms with Crippen molar-refractivity contribution in [2.75, 3.05) is 18.8 Å². The highest BCUT2D eigenvalue weighted by molar-refractivity contribution is 7.89. The Bertz CT molecular complexity index is 492. The zero-order valence-electron chi connectivity index (χ0n) is 11.3. The van der Waals surface area contributed by atoms with E-state index in [2.05, 4.69) is 15.1 Å². The number of hydrogen-bond acceptors (Lipinski definition) is 4. The fourth-order valence-electron chi connectivity index (χ4n) is 2.29. The van der Waals surface area contributed by atoms with Crippen LogP contribution in [0.15, 0.2) is 12.4 Å². The summed E-state index contributed by atoms with van der Waals surface area (Å²) in [6, 6.07) is 0.0956. The van der Waals surface area contributed by atoms with E-state index >= 15 is 0 Å². The molecule has 0 radical (unpaired) electrons. The summed E-state index contributed by atoms with van der Waals surface area (Å²) < 4.78 is 28.2. The first-order valence-electron chi connectivity index (χ1n) is 6.75. The average Bonchev–Trinajstić information content (AvgIpc) is 2.75. The third kappa shape index (κ3) is 4.93. The molecular formula is C12H22N4O2S. The van der Waals surface area contributed by atoms with Crippen LogP contribution in [0.5, 0.6) is 0 Å². The van der Waals surface area contributed by atoms with Crippen LogP contribution in [-0.4, -0.2) is 43.1 Å². The van der Waals surface area contributed by atoms with Crippen LogP contribution in [0.3, 0.4) is 0 Å². The third-order valence-corrected chi connectivity index (χ3v) is 4.74. The van der Waals surface area contributed by atoms with Crippen LogP contribution in [-0.2, 0) is 16.6 Å². The van der Waals surface area contributed by atoms with Gasteiger partial charge >= 0.3 is 0 Å². The van der Waals surface area contributed by atoms with E-state index in [1.807, 2.05) is 13.1 Å². The zero-order valence-corrected chi connectivity index (χ0v) is 12.1. The summed E-state index contributed by atoms with van der Waals surface area (Å²) >= 11 is 0. The van der Waals surface area contributed by atoms with Gasteiger partial charge in [-0.3, -0.25) is 4.68 Å². The van der Waals surface area contributed by atoms with Gasteiger partial charge in [0.2, 0.25) is 10.0 Å². The van der Waals surface area contributed by atoms with E-state index in [0.29, 0.717) is 13.1 Å². The Morgan fingerprint density at radius 1 is 1.53 bits per heavy atom. The Labute approximate surface area is 114 Å². The first-order chi connectivity index (χ1) is 9.05. The van der Waals surface area contributed by atoms with Gasteiger partial charge in [-0.25, -0.2) is 13.1 Å². The largest absolute Gasteiger partial charge is 0.313 e. The van der Waals surface area contributed by atoms with Gasteiger partial charge in [0.05, 0.1) is 18.5 Å². The molecule has 1 unspecified atom stereocenters. The number of aryl methyl sites for hydroxylation is 1. The number of nitrogens with zero attached hydrogens (tertiary/aromatic N) is 2. The second-order valence-electron chi connectivity index (χ2n) is 5.10. The fourth-order valence-corrected chi connectivity index (χ4v) is 3.63. The Balaban J connectivity index is 1.74. The maximum atomic E-state index is 11.9. The van der Waals surface area contributed by atoms with Crippen molar-refractivity contribution >= 4 is 10.0 Å². The summed E-state index contributed by atoms with van der Waals surface area (Å²) in [4.78, 5) is 0. The first kappa shape index (κ1) is 14.5. The summed E-state index contributed by atoms with van der Waals surface area (Å²) in [5.74, 6) is 0.172. The van der Waals surface area contributed by atoms with Crippen LogP contribution in [0, 0.1) is 6.92 Å². The molecule has 0 saturated carbocycles. The number of nitrogens with one attached hydrogen (secondary N) is 2. The molecule has 0 bridgehead atoms. The lowest BCUT2D eigenvalue weighted by molar-refractivity contribution is 0.422. The molecule has 0 aromatic carbocycles. The first-order valence-corrected chi connectivity index (χ1v) is 8.40. The molecule has 108 valence electrons. The van der Waals surface area contributed by atoms with Gasteiger partial charge in [0.1, 0.15) is 0 Å². The second kappa shape index (κ2) is 6.49. The van der Waals surface area contributed by atoms with Crippen LogP contribution >= 0.6 is 0 Å². The number of piperidine rings is 1. The maximum absolute atomic E-state index is 11.9. The van der Waals surface area contributed by atoms with Crippen molar-refractivity contribution in [3.8, 4) is 0 Å². The van der Waals surface area contributed by atoms with E-state index in [1.54, 1.807) is 10.9 Å². The van der Waals surface area contributed by atoms with Crippen molar-refractivity contribution in [3.63, 3.8) is 0 Å². The normalized spacial score (nSPS) is 20.6. The summed E-state index contributed by atoms with van der Waals surface area (Å²) in [7, 11) is -3.20. The molecule has 2 N–H and O–H groups in total. The van der Waals surface area contributed by atoms with Crippen LogP contribution in [0.1, 0.15) is 24.8 Å². The van der Waals surface area contributed by atoms with E-state index in [1.165, 1.54) is 0 Å². The van der Waals surface area contributed by atoms with E-state index in [4.69, 9.17) is 0 Å². The molecule has 2 heterocycles. The molecule has 1 aromatic rings. The van der Waals surface area contributed by atoms with Gasteiger partial charge in [0, 0.05) is 18.8 Å². The van der Waals surface area contributed by atoms with Gasteiger partial charge in [-0.1, -0.05) is 6.42 Å². The Morgan fingerprint density at radius 2 is 2.37 bits per heavy atom. The Morgan fingerprint density at radius 3 is 3.00 bits per heavy atom. The highest BCUT2D eigenvalue weighted by Gasteiger charge is 2.20. The molecule has 1 fully saturated rings. The Kier molecular flexibility index (Phi) is 4.95. The predicted molar refractivity (Wildman–Crippen MR) is 74.4 cm³/mol. The van der Waals surface area contributed by atoms with Gasteiger partial charge < -0.3 is 5.32 Å². The minimum Gasteiger partial charge on any atom is -0.313 e. The molecule has 0 spiro atoms. The highest BCUT2D eigenvalue weighted by Crippen LogP contribution is 2.08. The van der Waals surface area contributed by atoms with Gasteiger partial charge in [-0.2, -0.15) is 5.10 Å². The van der Waals surface area contributed by atoms with E-state index in [0.717, 1.165) is 31.4 Å². The molecule has 7 heteroatoms. The predicted octanol–water partition coefficient (Wildman–Crippen LogP) is 0.253. The summed E-state index contributed by atoms with van der Waals surface area (Å²) in [6.45, 7) is 3.83. The Hall–Kier alpha value is -0.920. The van der Waals surface area contributed by atoms with E-state index < -0.39 is 10.0 Å². The zero-order chi connectivity index (χ0) is 13.7. The molecule has 2 rings (SSSR count). The van der Waals surface area contributed by atoms with Crippen LogP contribution in [0.25, 0.3) is 0 Å². The molecule has 19 heavy (non-hydrogen) atoms. The highest BCUT2D eigenvalue weighted by atomic mass is 32.2. The van der Waals surface area contributed by atoms with Crippen molar-refractivity contribution in [1.29, 1.82) is 0 Å².